The van der Waals surface area contributed by atoms with Crippen molar-refractivity contribution >= 4 is 21.7 Å². The summed E-state index contributed by atoms with van der Waals surface area (Å²) in [6, 6.07) is 9.07. The summed E-state index contributed by atoms with van der Waals surface area (Å²) in [5, 5.41) is 16.3. The van der Waals surface area contributed by atoms with E-state index in [4.69, 9.17) is 0 Å². The zero-order valence-corrected chi connectivity index (χ0v) is 11.0. The number of rotatable bonds is 1. The SMILES string of the molecule is O=C1c2nn(-c3ccccc3)[n+]([O-])c2CC[C@H]1Br. The molecule has 0 aliphatic heterocycles. The molecule has 0 radical (unpaired) electrons. The monoisotopic (exact) mass is 307 g/mol. The van der Waals surface area contributed by atoms with Gasteiger partial charge in [0.1, 0.15) is 5.69 Å². The molecule has 0 N–H and O–H groups in total. The molecule has 0 saturated carbocycles. The smallest absolute Gasteiger partial charge is 0.289 e. The number of para-hydroxylation sites is 1. The summed E-state index contributed by atoms with van der Waals surface area (Å²) in [6.07, 6.45) is 1.20. The van der Waals surface area contributed by atoms with Crippen molar-refractivity contribution in [3.8, 4) is 5.69 Å². The predicted molar refractivity (Wildman–Crippen MR) is 67.9 cm³/mol. The average Bonchev–Trinajstić information content (AvgIpc) is 2.73. The van der Waals surface area contributed by atoms with Gasteiger partial charge in [0.15, 0.2) is 5.69 Å². The van der Waals surface area contributed by atoms with Gasteiger partial charge < -0.3 is 5.21 Å². The molecule has 1 heterocycles. The third kappa shape index (κ3) is 1.64. The number of halogens is 1. The Labute approximate surface area is 112 Å². The first-order valence-electron chi connectivity index (χ1n) is 5.64. The topological polar surface area (TPSA) is 61.8 Å². The van der Waals surface area contributed by atoms with Gasteiger partial charge in [-0.15, -0.1) is 4.85 Å². The predicted octanol–water partition coefficient (Wildman–Crippen LogP) is 1.40. The highest BCUT2D eigenvalue weighted by atomic mass is 79.9. The Morgan fingerprint density at radius 3 is 2.83 bits per heavy atom. The molecule has 3 rings (SSSR count). The lowest BCUT2D eigenvalue weighted by Crippen LogP contribution is -2.41. The second-order valence-corrected chi connectivity index (χ2v) is 5.27. The second kappa shape index (κ2) is 4.20. The molecule has 1 aliphatic carbocycles. The maximum atomic E-state index is 12.1. The van der Waals surface area contributed by atoms with Gasteiger partial charge in [0.25, 0.3) is 5.69 Å². The number of ketones is 1. The standard InChI is InChI=1S/C12H10BrN3O2/c13-9-6-7-10-11(12(9)17)14-15(16(10)18)8-4-2-1-3-5-8/h1-5,9H,6-7H2/t9-/m1/s1. The van der Waals surface area contributed by atoms with E-state index in [1.807, 2.05) is 18.2 Å². The number of hydrogen-bond donors (Lipinski definition) is 0. The maximum Gasteiger partial charge on any atom is 0.289 e. The number of Topliss-reactive ketones (excluding diaryl/α,β-unsaturated/α-hetero) is 1. The number of benzene rings is 1. The zero-order chi connectivity index (χ0) is 12.7. The van der Waals surface area contributed by atoms with Gasteiger partial charge in [0, 0.05) is 6.42 Å². The van der Waals surface area contributed by atoms with Crippen molar-refractivity contribution < 1.29 is 9.64 Å². The van der Waals surface area contributed by atoms with E-state index < -0.39 is 0 Å². The molecule has 18 heavy (non-hydrogen) atoms. The van der Waals surface area contributed by atoms with E-state index in [9.17, 15) is 10.0 Å². The molecule has 2 aromatic rings. The number of fused-ring (bicyclic) bond motifs is 1. The van der Waals surface area contributed by atoms with Crippen molar-refractivity contribution in [1.82, 2.24) is 9.90 Å². The van der Waals surface area contributed by atoms with Gasteiger partial charge in [0.05, 0.1) is 9.93 Å². The van der Waals surface area contributed by atoms with Crippen LogP contribution in [0.2, 0.25) is 0 Å². The summed E-state index contributed by atoms with van der Waals surface area (Å²) in [7, 11) is 0. The van der Waals surface area contributed by atoms with Crippen LogP contribution in [-0.4, -0.2) is 20.5 Å². The fraction of sp³-hybridized carbons (Fsp3) is 0.250. The van der Waals surface area contributed by atoms with Crippen LogP contribution in [0.3, 0.4) is 0 Å². The quantitative estimate of drug-likeness (QED) is 0.454. The molecule has 0 unspecified atom stereocenters. The highest BCUT2D eigenvalue weighted by Gasteiger charge is 2.37. The molecule has 1 aromatic heterocycles. The number of aromatic nitrogens is 3. The third-order valence-corrected chi connectivity index (χ3v) is 3.88. The van der Waals surface area contributed by atoms with E-state index in [1.165, 1.54) is 4.80 Å². The summed E-state index contributed by atoms with van der Waals surface area (Å²) in [6.45, 7) is 0. The van der Waals surface area contributed by atoms with Gasteiger partial charge in [-0.3, -0.25) is 4.79 Å². The minimum Gasteiger partial charge on any atom is -0.692 e. The van der Waals surface area contributed by atoms with E-state index in [1.54, 1.807) is 12.1 Å². The summed E-state index contributed by atoms with van der Waals surface area (Å²) >= 11 is 3.30. The Morgan fingerprint density at radius 2 is 2.11 bits per heavy atom. The van der Waals surface area contributed by atoms with E-state index >= 15 is 0 Å². The molecule has 1 aliphatic rings. The van der Waals surface area contributed by atoms with Crippen molar-refractivity contribution in [3.63, 3.8) is 0 Å². The summed E-state index contributed by atoms with van der Waals surface area (Å²) in [4.78, 5) is 13.6. The lowest BCUT2D eigenvalue weighted by molar-refractivity contribution is -0.695. The van der Waals surface area contributed by atoms with Crippen molar-refractivity contribution in [3.05, 3.63) is 46.9 Å². The van der Waals surface area contributed by atoms with E-state index in [0.29, 0.717) is 29.1 Å². The molecule has 6 heteroatoms. The number of carbonyl (C=O) groups is 1. The van der Waals surface area contributed by atoms with Crippen LogP contribution < -0.4 is 4.85 Å². The lowest BCUT2D eigenvalue weighted by Gasteiger charge is -2.11. The minimum absolute atomic E-state index is 0.115. The van der Waals surface area contributed by atoms with Crippen molar-refractivity contribution in [1.29, 1.82) is 0 Å². The third-order valence-electron chi connectivity index (χ3n) is 3.01. The molecule has 0 fully saturated rings. The van der Waals surface area contributed by atoms with Crippen LogP contribution in [0.4, 0.5) is 0 Å². The fourth-order valence-corrected chi connectivity index (χ4v) is 2.52. The molecule has 5 nitrogen and oxygen atoms in total. The maximum absolute atomic E-state index is 12.1. The second-order valence-electron chi connectivity index (χ2n) is 4.16. The van der Waals surface area contributed by atoms with Crippen LogP contribution in [0.1, 0.15) is 22.6 Å². The first kappa shape index (κ1) is 11.4. The number of alkyl halides is 1. The summed E-state index contributed by atoms with van der Waals surface area (Å²) in [5.41, 5.74) is 1.39. The Bertz CT molecular complexity index is 609. The molecule has 1 atom stereocenters. The first-order valence-corrected chi connectivity index (χ1v) is 6.55. The molecule has 0 saturated heterocycles. The number of carbonyl (C=O) groups excluding carboxylic acids is 1. The molecular weight excluding hydrogens is 298 g/mol. The van der Waals surface area contributed by atoms with Gasteiger partial charge in [-0.1, -0.05) is 34.1 Å². The number of nitrogens with zero attached hydrogens (tertiary/aromatic N) is 3. The van der Waals surface area contributed by atoms with Gasteiger partial charge in [-0.25, -0.2) is 0 Å². The Morgan fingerprint density at radius 1 is 1.39 bits per heavy atom. The van der Waals surface area contributed by atoms with Crippen molar-refractivity contribution in [2.45, 2.75) is 17.7 Å². The van der Waals surface area contributed by atoms with Crippen LogP contribution in [0.5, 0.6) is 0 Å². The van der Waals surface area contributed by atoms with Crippen LogP contribution in [-0.2, 0) is 6.42 Å². The highest BCUT2D eigenvalue weighted by Crippen LogP contribution is 2.22. The summed E-state index contributed by atoms with van der Waals surface area (Å²) < 4.78 is 0. The van der Waals surface area contributed by atoms with Crippen LogP contribution in [0, 0.1) is 5.21 Å². The Hall–Kier alpha value is -1.69. The molecular formula is C12H10BrN3O2. The average molecular weight is 308 g/mol. The van der Waals surface area contributed by atoms with Gasteiger partial charge in [-0.05, 0) is 23.4 Å². The van der Waals surface area contributed by atoms with Crippen molar-refractivity contribution in [2.24, 2.45) is 0 Å². The molecule has 0 spiro atoms. The van der Waals surface area contributed by atoms with Crippen molar-refractivity contribution in [2.75, 3.05) is 0 Å². The van der Waals surface area contributed by atoms with Crippen LogP contribution >= 0.6 is 15.9 Å². The van der Waals surface area contributed by atoms with Gasteiger partial charge in [0.2, 0.25) is 5.78 Å². The molecule has 92 valence electrons. The normalized spacial score (nSPS) is 18.7. The van der Waals surface area contributed by atoms with E-state index in [0.717, 1.165) is 0 Å². The Kier molecular flexibility index (Phi) is 2.66. The Balaban J connectivity index is 2.15. The molecule has 0 amide bonds. The fourth-order valence-electron chi connectivity index (χ4n) is 2.07. The van der Waals surface area contributed by atoms with Gasteiger partial charge in [-0.2, -0.15) is 0 Å². The largest absolute Gasteiger partial charge is 0.692 e. The zero-order valence-electron chi connectivity index (χ0n) is 9.41. The number of hydrogen-bond acceptors (Lipinski definition) is 3. The van der Waals surface area contributed by atoms with Crippen LogP contribution in [0.25, 0.3) is 5.69 Å². The van der Waals surface area contributed by atoms with Crippen LogP contribution in [0.15, 0.2) is 30.3 Å². The molecule has 1 aromatic carbocycles. The summed E-state index contributed by atoms with van der Waals surface area (Å²) in [5.74, 6) is -0.115. The highest BCUT2D eigenvalue weighted by molar-refractivity contribution is 9.10. The minimum atomic E-state index is -0.232. The lowest BCUT2D eigenvalue weighted by atomic mass is 10.00. The van der Waals surface area contributed by atoms with E-state index in [2.05, 4.69) is 21.0 Å². The van der Waals surface area contributed by atoms with E-state index in [-0.39, 0.29) is 16.3 Å². The first-order chi connectivity index (χ1) is 8.68. The molecule has 0 bridgehead atoms. The van der Waals surface area contributed by atoms with Gasteiger partial charge >= 0.3 is 0 Å².